The summed E-state index contributed by atoms with van der Waals surface area (Å²) in [6.45, 7) is -0.0368. The maximum Gasteiger partial charge on any atom is 0.435 e. The molecule has 1 aliphatic carbocycles. The van der Waals surface area contributed by atoms with Gasteiger partial charge in [0, 0.05) is 21.9 Å². The van der Waals surface area contributed by atoms with E-state index in [4.69, 9.17) is 0 Å². The van der Waals surface area contributed by atoms with E-state index < -0.39 is 50.1 Å². The highest BCUT2D eigenvalue weighted by Crippen LogP contribution is 2.56. The van der Waals surface area contributed by atoms with Crippen LogP contribution in [0.25, 0.3) is 0 Å². The number of benzene rings is 2. The van der Waals surface area contributed by atoms with Crippen LogP contribution < -0.4 is 0 Å². The Morgan fingerprint density at radius 1 is 0.976 bits per heavy atom. The van der Waals surface area contributed by atoms with Gasteiger partial charge in [-0.05, 0) is 88.9 Å². The Hall–Kier alpha value is -2.82. The van der Waals surface area contributed by atoms with Crippen molar-refractivity contribution in [1.29, 1.82) is 0 Å². The summed E-state index contributed by atoms with van der Waals surface area (Å²) in [5.41, 5.74) is -7.02. The van der Waals surface area contributed by atoms with Gasteiger partial charge >= 0.3 is 18.0 Å². The molecule has 0 saturated carbocycles. The van der Waals surface area contributed by atoms with Crippen molar-refractivity contribution in [2.75, 3.05) is 6.54 Å². The highest BCUT2D eigenvalue weighted by atomic mass is 127. The average Bonchev–Trinajstić information content (AvgIpc) is 3.34. The van der Waals surface area contributed by atoms with E-state index in [0.29, 0.717) is 17.7 Å². The lowest BCUT2D eigenvalue weighted by Gasteiger charge is -2.43. The summed E-state index contributed by atoms with van der Waals surface area (Å²) in [6, 6.07) is 8.05. The molecule has 224 valence electrons. The second-order valence-electron chi connectivity index (χ2n) is 10.2. The molecule has 1 saturated heterocycles. The van der Waals surface area contributed by atoms with Crippen molar-refractivity contribution in [2.45, 2.75) is 59.4 Å². The molecule has 15 heteroatoms. The van der Waals surface area contributed by atoms with Crippen molar-refractivity contribution in [2.24, 2.45) is 0 Å². The average molecular weight is 727 g/mol. The van der Waals surface area contributed by atoms with E-state index in [1.54, 1.807) is 18.2 Å². The normalized spacial score (nSPS) is 21.1. The first-order valence-corrected chi connectivity index (χ1v) is 15.1. The van der Waals surface area contributed by atoms with Crippen LogP contribution in [-0.4, -0.2) is 54.4 Å². The standard InChI is InChI=1S/C27H21F7IN3O3S/c28-25(26(29,30)31,27(32,33)34)18-2-7-21-17(14-18)1-8-22-24(21,42(40,41)20-5-3-19(35)4-6-20)10-12-38(22)23(39)13-16-9-11-36-37-15-16/h2-7,9,11,14-15,22H,1,8,10,12-13H2/t22-,24-/m1/s1. The molecule has 5 rings (SSSR count). The van der Waals surface area contributed by atoms with Gasteiger partial charge in [-0.1, -0.05) is 18.2 Å². The van der Waals surface area contributed by atoms with E-state index in [2.05, 4.69) is 10.2 Å². The number of hydrogen-bond acceptors (Lipinski definition) is 5. The number of likely N-dealkylation sites (tertiary alicyclic amines) is 1. The number of fused-ring (bicyclic) bond motifs is 3. The van der Waals surface area contributed by atoms with Crippen LogP contribution in [0.2, 0.25) is 0 Å². The molecule has 0 spiro atoms. The number of aryl methyl sites for hydroxylation is 1. The minimum atomic E-state index is -6.32. The van der Waals surface area contributed by atoms with Gasteiger partial charge in [-0.3, -0.25) is 4.79 Å². The third-order valence-electron chi connectivity index (χ3n) is 7.99. The molecule has 0 bridgehead atoms. The molecule has 2 heterocycles. The lowest BCUT2D eigenvalue weighted by molar-refractivity contribution is -0.348. The van der Waals surface area contributed by atoms with Crippen LogP contribution in [-0.2, 0) is 37.9 Å². The van der Waals surface area contributed by atoms with Gasteiger partial charge in [-0.25, -0.2) is 12.8 Å². The third kappa shape index (κ3) is 4.66. The number of nitrogens with zero attached hydrogens (tertiary/aromatic N) is 3. The zero-order chi connectivity index (χ0) is 30.7. The fourth-order valence-corrected chi connectivity index (χ4v) is 8.78. The fourth-order valence-electron chi connectivity index (χ4n) is 6.05. The lowest BCUT2D eigenvalue weighted by atomic mass is 9.76. The number of aromatic nitrogens is 2. The predicted molar refractivity (Wildman–Crippen MR) is 144 cm³/mol. The van der Waals surface area contributed by atoms with Crippen LogP contribution in [0.5, 0.6) is 0 Å². The van der Waals surface area contributed by atoms with Crippen molar-refractivity contribution in [3.05, 3.63) is 86.7 Å². The first-order chi connectivity index (χ1) is 19.5. The SMILES string of the molecule is O=C(Cc1ccnnc1)N1CC[C@@]2(S(=O)(=O)c3ccc(I)cc3)c3ccc(C(F)(C(F)(F)F)C(F)(F)F)cc3CC[C@@H]12. The molecule has 0 N–H and O–H groups in total. The quantitative estimate of drug-likeness (QED) is 0.244. The van der Waals surface area contributed by atoms with Gasteiger partial charge in [0.2, 0.25) is 5.91 Å². The van der Waals surface area contributed by atoms with Crippen molar-refractivity contribution in [3.8, 4) is 0 Å². The highest BCUT2D eigenvalue weighted by molar-refractivity contribution is 14.1. The number of alkyl halides is 7. The minimum absolute atomic E-state index is 0.0368. The summed E-state index contributed by atoms with van der Waals surface area (Å²) in [4.78, 5) is 14.7. The van der Waals surface area contributed by atoms with E-state index in [0.717, 1.165) is 9.64 Å². The molecular weight excluding hydrogens is 706 g/mol. The highest BCUT2D eigenvalue weighted by Gasteiger charge is 2.73. The lowest BCUT2D eigenvalue weighted by Crippen LogP contribution is -2.53. The number of carbonyl (C=O) groups excluding carboxylic acids is 1. The van der Waals surface area contributed by atoms with Crippen LogP contribution in [0.4, 0.5) is 30.7 Å². The number of hydrogen-bond donors (Lipinski definition) is 0. The number of halogens is 8. The number of rotatable bonds is 5. The largest absolute Gasteiger partial charge is 0.435 e. The van der Waals surface area contributed by atoms with Gasteiger partial charge < -0.3 is 4.90 Å². The second kappa shape index (κ2) is 10.4. The zero-order valence-corrected chi connectivity index (χ0v) is 24.4. The Morgan fingerprint density at radius 3 is 2.24 bits per heavy atom. The van der Waals surface area contributed by atoms with E-state index >= 15 is 0 Å². The monoisotopic (exact) mass is 727 g/mol. The number of amides is 1. The van der Waals surface area contributed by atoms with Gasteiger partial charge in [0.15, 0.2) is 9.84 Å². The van der Waals surface area contributed by atoms with Crippen molar-refractivity contribution in [3.63, 3.8) is 0 Å². The molecule has 2 aromatic carbocycles. The molecule has 0 unspecified atom stereocenters. The molecule has 6 nitrogen and oxygen atoms in total. The second-order valence-corrected chi connectivity index (χ2v) is 13.6. The van der Waals surface area contributed by atoms with E-state index in [1.807, 2.05) is 22.6 Å². The van der Waals surface area contributed by atoms with E-state index in [-0.39, 0.29) is 48.3 Å². The van der Waals surface area contributed by atoms with Gasteiger partial charge in [0.05, 0.1) is 23.6 Å². The van der Waals surface area contributed by atoms with Crippen molar-refractivity contribution < 1.29 is 43.9 Å². The predicted octanol–water partition coefficient (Wildman–Crippen LogP) is 5.83. The van der Waals surface area contributed by atoms with Crippen molar-refractivity contribution >= 4 is 38.3 Å². The summed E-state index contributed by atoms with van der Waals surface area (Å²) in [5, 5.41) is 7.39. The molecule has 0 radical (unpaired) electrons. The van der Waals surface area contributed by atoms with Crippen LogP contribution in [0.15, 0.2) is 65.8 Å². The van der Waals surface area contributed by atoms with E-state index in [1.165, 1.54) is 29.4 Å². The Balaban J connectivity index is 1.67. The molecule has 1 aliphatic heterocycles. The Kier molecular flexibility index (Phi) is 7.60. The van der Waals surface area contributed by atoms with Crippen LogP contribution in [0, 0.1) is 3.57 Å². The molecular formula is C27H21F7IN3O3S. The minimum Gasteiger partial charge on any atom is -0.337 e. The molecule has 1 aromatic heterocycles. The van der Waals surface area contributed by atoms with Crippen LogP contribution in [0.1, 0.15) is 35.1 Å². The topological polar surface area (TPSA) is 80.2 Å². The zero-order valence-electron chi connectivity index (χ0n) is 21.4. The molecule has 1 fully saturated rings. The first-order valence-electron chi connectivity index (χ1n) is 12.6. The summed E-state index contributed by atoms with van der Waals surface area (Å²) < 4.78 is 124. The maximum atomic E-state index is 15.0. The van der Waals surface area contributed by atoms with Gasteiger partial charge in [0.25, 0.3) is 0 Å². The maximum absolute atomic E-state index is 15.0. The van der Waals surface area contributed by atoms with Gasteiger partial charge in [-0.15, -0.1) is 0 Å². The molecule has 2 aliphatic rings. The number of carbonyl (C=O) groups is 1. The Labute approximate surface area is 249 Å². The molecule has 3 aromatic rings. The van der Waals surface area contributed by atoms with Crippen molar-refractivity contribution in [1.82, 2.24) is 15.1 Å². The van der Waals surface area contributed by atoms with Crippen LogP contribution in [0.3, 0.4) is 0 Å². The Morgan fingerprint density at radius 2 is 1.64 bits per heavy atom. The first kappa shape index (κ1) is 30.6. The summed E-state index contributed by atoms with van der Waals surface area (Å²) >= 11 is 1.98. The summed E-state index contributed by atoms with van der Waals surface area (Å²) in [7, 11) is -4.39. The molecule has 1 amide bonds. The van der Waals surface area contributed by atoms with Crippen LogP contribution >= 0.6 is 22.6 Å². The van der Waals surface area contributed by atoms with Gasteiger partial charge in [-0.2, -0.15) is 36.5 Å². The fraction of sp³-hybridized carbons (Fsp3) is 0.370. The smallest absolute Gasteiger partial charge is 0.337 e. The number of sulfone groups is 1. The molecule has 42 heavy (non-hydrogen) atoms. The third-order valence-corrected chi connectivity index (χ3v) is 11.3. The Bertz CT molecular complexity index is 1600. The van der Waals surface area contributed by atoms with E-state index in [9.17, 15) is 43.9 Å². The van der Waals surface area contributed by atoms with Gasteiger partial charge in [0.1, 0.15) is 4.75 Å². The summed E-state index contributed by atoms with van der Waals surface area (Å²) in [6.07, 6.45) is -10.4. The molecule has 2 atom stereocenters. The summed E-state index contributed by atoms with van der Waals surface area (Å²) in [5.74, 6) is -0.426.